The van der Waals surface area contributed by atoms with Crippen LogP contribution in [-0.4, -0.2) is 23.4 Å². The van der Waals surface area contributed by atoms with Gasteiger partial charge < -0.3 is 9.30 Å². The van der Waals surface area contributed by atoms with Crippen molar-refractivity contribution in [1.29, 1.82) is 0 Å². The molecule has 0 bridgehead atoms. The number of nitrogens with zero attached hydrogens (tertiary/aromatic N) is 1. The Morgan fingerprint density at radius 2 is 2.16 bits per heavy atom. The van der Waals surface area contributed by atoms with Crippen molar-refractivity contribution in [2.45, 2.75) is 26.3 Å². The number of benzene rings is 1. The summed E-state index contributed by atoms with van der Waals surface area (Å²) >= 11 is 0. The van der Waals surface area contributed by atoms with Crippen LogP contribution in [0.15, 0.2) is 30.5 Å². The molecule has 1 aromatic heterocycles. The standard InChI is InChI=1S/C15H17NO3/c1-2-19-15(18)8-5-9-16-10-12(11-17)13-6-3-4-7-14(13)16/h3-4,6-7,10-11H,2,5,8-9H2,1H3. The zero-order valence-electron chi connectivity index (χ0n) is 11.0. The molecular weight excluding hydrogens is 242 g/mol. The van der Waals surface area contributed by atoms with Crippen molar-refractivity contribution >= 4 is 23.2 Å². The summed E-state index contributed by atoms with van der Waals surface area (Å²) in [6, 6.07) is 7.77. The van der Waals surface area contributed by atoms with Gasteiger partial charge in [0.05, 0.1) is 6.61 Å². The molecule has 4 nitrogen and oxygen atoms in total. The van der Waals surface area contributed by atoms with Gasteiger partial charge in [0.15, 0.2) is 6.29 Å². The molecule has 0 aliphatic heterocycles. The Hall–Kier alpha value is -2.10. The lowest BCUT2D eigenvalue weighted by Gasteiger charge is -2.05. The van der Waals surface area contributed by atoms with Crippen LogP contribution in [0.5, 0.6) is 0 Å². The highest BCUT2D eigenvalue weighted by Gasteiger charge is 2.08. The average Bonchev–Trinajstić information content (AvgIpc) is 2.78. The predicted octanol–water partition coefficient (Wildman–Crippen LogP) is 2.80. The van der Waals surface area contributed by atoms with Crippen LogP contribution in [0, 0.1) is 0 Å². The number of hydrogen-bond donors (Lipinski definition) is 0. The number of aldehydes is 1. The highest BCUT2D eigenvalue weighted by molar-refractivity contribution is 5.97. The maximum Gasteiger partial charge on any atom is 0.305 e. The second-order valence-electron chi connectivity index (χ2n) is 4.32. The summed E-state index contributed by atoms with van der Waals surface area (Å²) in [6.45, 7) is 2.92. The van der Waals surface area contributed by atoms with Gasteiger partial charge in [-0.15, -0.1) is 0 Å². The molecule has 0 N–H and O–H groups in total. The van der Waals surface area contributed by atoms with Gasteiger partial charge in [0.25, 0.3) is 0 Å². The third-order valence-electron chi connectivity index (χ3n) is 3.03. The molecule has 2 rings (SSSR count). The highest BCUT2D eigenvalue weighted by atomic mass is 16.5. The smallest absolute Gasteiger partial charge is 0.305 e. The van der Waals surface area contributed by atoms with Gasteiger partial charge in [0.2, 0.25) is 0 Å². The molecule has 0 atom stereocenters. The van der Waals surface area contributed by atoms with E-state index in [0.717, 1.165) is 17.2 Å². The lowest BCUT2D eigenvalue weighted by Crippen LogP contribution is -2.05. The Bertz CT molecular complexity index is 586. The Kier molecular flexibility index (Phi) is 4.34. The van der Waals surface area contributed by atoms with Crippen molar-refractivity contribution in [3.05, 3.63) is 36.0 Å². The van der Waals surface area contributed by atoms with Gasteiger partial charge in [-0.25, -0.2) is 0 Å². The van der Waals surface area contributed by atoms with Gasteiger partial charge in [0.1, 0.15) is 0 Å². The molecule has 4 heteroatoms. The van der Waals surface area contributed by atoms with Crippen LogP contribution in [0.4, 0.5) is 0 Å². The first kappa shape index (κ1) is 13.3. The Morgan fingerprint density at radius 1 is 1.37 bits per heavy atom. The number of hydrogen-bond acceptors (Lipinski definition) is 3. The third kappa shape index (κ3) is 3.02. The van der Waals surface area contributed by atoms with Crippen LogP contribution >= 0.6 is 0 Å². The Labute approximate surface area is 112 Å². The molecule has 0 fully saturated rings. The minimum absolute atomic E-state index is 0.172. The lowest BCUT2D eigenvalue weighted by molar-refractivity contribution is -0.143. The number of esters is 1. The van der Waals surface area contributed by atoms with E-state index in [0.29, 0.717) is 31.6 Å². The molecule has 0 unspecified atom stereocenters. The molecule has 0 spiro atoms. The predicted molar refractivity (Wildman–Crippen MR) is 73.2 cm³/mol. The van der Waals surface area contributed by atoms with E-state index in [4.69, 9.17) is 4.74 Å². The van der Waals surface area contributed by atoms with Crippen LogP contribution in [-0.2, 0) is 16.1 Å². The number of carbonyl (C=O) groups is 2. The largest absolute Gasteiger partial charge is 0.466 e. The first-order valence-corrected chi connectivity index (χ1v) is 6.45. The zero-order chi connectivity index (χ0) is 13.7. The average molecular weight is 259 g/mol. The molecule has 0 radical (unpaired) electrons. The fourth-order valence-electron chi connectivity index (χ4n) is 2.18. The SMILES string of the molecule is CCOC(=O)CCCn1cc(C=O)c2ccccc21. The molecule has 0 aliphatic rings. The van der Waals surface area contributed by atoms with Crippen molar-refractivity contribution in [2.75, 3.05) is 6.61 Å². The summed E-state index contributed by atoms with van der Waals surface area (Å²) in [5, 5.41) is 0.952. The molecule has 19 heavy (non-hydrogen) atoms. The molecule has 0 amide bonds. The van der Waals surface area contributed by atoms with Crippen molar-refractivity contribution in [3.8, 4) is 0 Å². The number of fused-ring (bicyclic) bond motifs is 1. The molecule has 0 saturated heterocycles. The van der Waals surface area contributed by atoms with Crippen LogP contribution in [0.2, 0.25) is 0 Å². The Balaban J connectivity index is 2.08. The fraction of sp³-hybridized carbons (Fsp3) is 0.333. The summed E-state index contributed by atoms with van der Waals surface area (Å²) in [4.78, 5) is 22.3. The summed E-state index contributed by atoms with van der Waals surface area (Å²) in [5.74, 6) is -0.172. The number of carbonyl (C=O) groups excluding carboxylic acids is 2. The maximum atomic E-state index is 11.3. The van der Waals surface area contributed by atoms with Gasteiger partial charge in [-0.2, -0.15) is 0 Å². The van der Waals surface area contributed by atoms with E-state index in [2.05, 4.69) is 0 Å². The van der Waals surface area contributed by atoms with Crippen LogP contribution < -0.4 is 0 Å². The number of aryl methyl sites for hydroxylation is 1. The van der Waals surface area contributed by atoms with Crippen LogP contribution in [0.3, 0.4) is 0 Å². The second kappa shape index (κ2) is 6.18. The monoisotopic (exact) mass is 259 g/mol. The summed E-state index contributed by atoms with van der Waals surface area (Å²) in [7, 11) is 0. The molecule has 2 aromatic rings. The van der Waals surface area contributed by atoms with Crippen LogP contribution in [0.25, 0.3) is 10.9 Å². The van der Waals surface area contributed by atoms with Crippen molar-refractivity contribution in [3.63, 3.8) is 0 Å². The molecule has 1 aromatic carbocycles. The van der Waals surface area contributed by atoms with E-state index >= 15 is 0 Å². The van der Waals surface area contributed by atoms with E-state index in [9.17, 15) is 9.59 Å². The van der Waals surface area contributed by atoms with Crippen molar-refractivity contribution in [1.82, 2.24) is 4.57 Å². The molecule has 0 saturated carbocycles. The van der Waals surface area contributed by atoms with E-state index < -0.39 is 0 Å². The first-order chi connectivity index (χ1) is 9.26. The first-order valence-electron chi connectivity index (χ1n) is 6.45. The minimum Gasteiger partial charge on any atom is -0.466 e. The van der Waals surface area contributed by atoms with Gasteiger partial charge in [0, 0.05) is 35.6 Å². The summed E-state index contributed by atoms with van der Waals surface area (Å²) < 4.78 is 6.90. The maximum absolute atomic E-state index is 11.3. The molecule has 1 heterocycles. The highest BCUT2D eigenvalue weighted by Crippen LogP contribution is 2.20. The number of rotatable bonds is 6. The number of aromatic nitrogens is 1. The summed E-state index contributed by atoms with van der Waals surface area (Å²) in [6.07, 6.45) is 3.81. The third-order valence-corrected chi connectivity index (χ3v) is 3.03. The summed E-state index contributed by atoms with van der Waals surface area (Å²) in [5.41, 5.74) is 1.71. The van der Waals surface area contributed by atoms with Gasteiger partial charge in [-0.3, -0.25) is 9.59 Å². The van der Waals surface area contributed by atoms with Crippen molar-refractivity contribution in [2.24, 2.45) is 0 Å². The zero-order valence-corrected chi connectivity index (χ0v) is 11.0. The molecule has 100 valence electrons. The lowest BCUT2D eigenvalue weighted by atomic mass is 10.2. The molecular formula is C15H17NO3. The van der Waals surface area contributed by atoms with Crippen LogP contribution in [0.1, 0.15) is 30.1 Å². The normalized spacial score (nSPS) is 10.6. The second-order valence-corrected chi connectivity index (χ2v) is 4.32. The van der Waals surface area contributed by atoms with Gasteiger partial charge in [-0.1, -0.05) is 18.2 Å². The van der Waals surface area contributed by atoms with E-state index in [1.807, 2.05) is 35.0 Å². The van der Waals surface area contributed by atoms with E-state index in [-0.39, 0.29) is 5.97 Å². The number of ether oxygens (including phenoxy) is 1. The fourth-order valence-corrected chi connectivity index (χ4v) is 2.18. The topological polar surface area (TPSA) is 48.3 Å². The number of para-hydroxylation sites is 1. The minimum atomic E-state index is -0.172. The van der Waals surface area contributed by atoms with E-state index in [1.54, 1.807) is 6.92 Å². The van der Waals surface area contributed by atoms with Gasteiger partial charge >= 0.3 is 5.97 Å². The molecule has 0 aliphatic carbocycles. The Morgan fingerprint density at radius 3 is 2.89 bits per heavy atom. The quantitative estimate of drug-likeness (QED) is 0.592. The van der Waals surface area contributed by atoms with Gasteiger partial charge in [-0.05, 0) is 19.4 Å². The van der Waals surface area contributed by atoms with Crippen molar-refractivity contribution < 1.29 is 14.3 Å². The van der Waals surface area contributed by atoms with E-state index in [1.165, 1.54) is 0 Å².